The topological polar surface area (TPSA) is 96.4 Å². The Balaban J connectivity index is 1.70. The van der Waals surface area contributed by atoms with Crippen molar-refractivity contribution in [1.82, 2.24) is 15.3 Å². The van der Waals surface area contributed by atoms with Crippen LogP contribution in [0.1, 0.15) is 11.1 Å². The maximum absolute atomic E-state index is 12.5. The van der Waals surface area contributed by atoms with Crippen LogP contribution in [0.15, 0.2) is 30.6 Å². The van der Waals surface area contributed by atoms with Gasteiger partial charge in [-0.2, -0.15) is 13.2 Å². The fourth-order valence-electron chi connectivity index (χ4n) is 2.39. The third kappa shape index (κ3) is 4.08. The lowest BCUT2D eigenvalue weighted by Crippen LogP contribution is -2.42. The number of hydrogen-bond donors (Lipinski definition) is 3. The highest BCUT2D eigenvalue weighted by Crippen LogP contribution is 2.30. The predicted molar refractivity (Wildman–Crippen MR) is 80.9 cm³/mol. The van der Waals surface area contributed by atoms with Gasteiger partial charge in [-0.1, -0.05) is 6.07 Å². The number of rotatable bonds is 3. The van der Waals surface area contributed by atoms with Crippen molar-refractivity contribution in [2.75, 3.05) is 11.9 Å². The number of fused-ring (bicyclic) bond motifs is 1. The summed E-state index contributed by atoms with van der Waals surface area (Å²) in [6, 6.07) is 4.76. The lowest BCUT2D eigenvalue weighted by Gasteiger charge is -2.25. The van der Waals surface area contributed by atoms with Gasteiger partial charge in [0.1, 0.15) is 12.4 Å². The molecule has 1 amide bonds. The Morgan fingerprint density at radius 1 is 1.28 bits per heavy atom. The zero-order valence-electron chi connectivity index (χ0n) is 12.7. The van der Waals surface area contributed by atoms with Crippen molar-refractivity contribution in [3.63, 3.8) is 0 Å². The molecule has 0 spiro atoms. The first-order chi connectivity index (χ1) is 11.8. The molecule has 0 radical (unpaired) electrons. The number of halogens is 3. The minimum absolute atomic E-state index is 0.0224. The molecule has 1 aliphatic rings. The zero-order chi connectivity index (χ0) is 18.0. The van der Waals surface area contributed by atoms with E-state index in [9.17, 15) is 18.0 Å². The molecule has 7 nitrogen and oxygen atoms in total. The van der Waals surface area contributed by atoms with Crippen LogP contribution in [-0.4, -0.2) is 33.8 Å². The van der Waals surface area contributed by atoms with Crippen LogP contribution in [0.25, 0.3) is 0 Å². The maximum Gasteiger partial charge on any atom is 0.419 e. The fraction of sp³-hybridized carbons (Fsp3) is 0.267. The largest absolute Gasteiger partial charge is 0.491 e. The molecule has 1 atom stereocenters. The number of hydrogen-bond acceptors (Lipinski definition) is 5. The molecular weight excluding hydrogens is 341 g/mol. The van der Waals surface area contributed by atoms with Gasteiger partial charge in [0.25, 0.3) is 0 Å². The summed E-state index contributed by atoms with van der Waals surface area (Å²) in [5, 5.41) is 13.9. The fourth-order valence-corrected chi connectivity index (χ4v) is 2.39. The van der Waals surface area contributed by atoms with Gasteiger partial charge in [-0.05, 0) is 18.1 Å². The van der Waals surface area contributed by atoms with E-state index in [0.717, 1.165) is 5.56 Å². The summed E-state index contributed by atoms with van der Waals surface area (Å²) in [6.45, 7) is 0.194. The van der Waals surface area contributed by atoms with Crippen molar-refractivity contribution in [3.05, 3.63) is 41.7 Å². The number of nitrogens with zero attached hydrogens (tertiary/aromatic N) is 2. The van der Waals surface area contributed by atoms with Crippen molar-refractivity contribution in [2.45, 2.75) is 18.6 Å². The summed E-state index contributed by atoms with van der Waals surface area (Å²) < 4.78 is 43.0. The van der Waals surface area contributed by atoms with Crippen molar-refractivity contribution in [1.29, 1.82) is 0 Å². The lowest BCUT2D eigenvalue weighted by molar-refractivity contribution is -0.138. The number of carboxylic acid groups (broad SMARTS) is 1. The lowest BCUT2D eigenvalue weighted by atomic mass is 10.0. The number of anilines is 2. The van der Waals surface area contributed by atoms with Crippen LogP contribution in [0, 0.1) is 0 Å². The molecule has 0 bridgehead atoms. The van der Waals surface area contributed by atoms with Crippen LogP contribution in [0.4, 0.5) is 29.6 Å². The van der Waals surface area contributed by atoms with Gasteiger partial charge < -0.3 is 20.5 Å². The number of ether oxygens (including phenoxy) is 1. The van der Waals surface area contributed by atoms with Crippen molar-refractivity contribution < 1.29 is 27.8 Å². The van der Waals surface area contributed by atoms with Crippen LogP contribution in [0.3, 0.4) is 0 Å². The van der Waals surface area contributed by atoms with Gasteiger partial charge in [0, 0.05) is 24.1 Å². The third-order valence-electron chi connectivity index (χ3n) is 3.54. The first-order valence-electron chi connectivity index (χ1n) is 7.23. The molecule has 25 heavy (non-hydrogen) atoms. The monoisotopic (exact) mass is 354 g/mol. The molecule has 10 heteroatoms. The normalized spacial score (nSPS) is 16.5. The van der Waals surface area contributed by atoms with E-state index in [1.54, 1.807) is 18.2 Å². The Morgan fingerprint density at radius 3 is 2.64 bits per heavy atom. The summed E-state index contributed by atoms with van der Waals surface area (Å²) in [7, 11) is 0. The van der Waals surface area contributed by atoms with Crippen molar-refractivity contribution in [2.24, 2.45) is 0 Å². The van der Waals surface area contributed by atoms with Crippen LogP contribution < -0.4 is 15.4 Å². The molecule has 1 aromatic carbocycles. The molecule has 3 N–H and O–H groups in total. The van der Waals surface area contributed by atoms with E-state index in [1.807, 2.05) is 0 Å². The van der Waals surface area contributed by atoms with Gasteiger partial charge in [-0.15, -0.1) is 0 Å². The molecule has 1 aliphatic heterocycles. The molecule has 1 aromatic heterocycles. The highest BCUT2D eigenvalue weighted by molar-refractivity contribution is 5.65. The van der Waals surface area contributed by atoms with Gasteiger partial charge in [0.15, 0.2) is 0 Å². The standard InChI is InChI=1S/C15H13F3N4O3/c16-15(17,18)9-5-19-13(20-6-9)21-10-2-1-8-3-11(22-14(23)24)7-25-12(8)4-10/h1-2,4-6,11,22H,3,7H2,(H,23,24)(H,19,20,21)/t11-/m1/s1. The summed E-state index contributed by atoms with van der Waals surface area (Å²) in [5.41, 5.74) is 0.441. The SMILES string of the molecule is O=C(O)N[C@H]1COc2cc(Nc3ncc(C(F)(F)F)cn3)ccc2C1. The number of alkyl halides is 3. The number of amides is 1. The average Bonchev–Trinajstić information content (AvgIpc) is 2.54. The van der Waals surface area contributed by atoms with Gasteiger partial charge in [-0.3, -0.25) is 0 Å². The van der Waals surface area contributed by atoms with E-state index in [0.29, 0.717) is 30.3 Å². The molecule has 0 unspecified atom stereocenters. The number of benzene rings is 1. The zero-order valence-corrected chi connectivity index (χ0v) is 12.7. The first-order valence-corrected chi connectivity index (χ1v) is 7.23. The quantitative estimate of drug-likeness (QED) is 0.784. The molecule has 0 saturated carbocycles. The van der Waals surface area contributed by atoms with Gasteiger partial charge in [-0.25, -0.2) is 14.8 Å². The second-order valence-electron chi connectivity index (χ2n) is 5.40. The second kappa shape index (κ2) is 6.46. The molecule has 0 aliphatic carbocycles. The van der Waals surface area contributed by atoms with E-state index >= 15 is 0 Å². The van der Waals surface area contributed by atoms with E-state index in [-0.39, 0.29) is 18.6 Å². The van der Waals surface area contributed by atoms with Gasteiger partial charge >= 0.3 is 12.3 Å². The van der Waals surface area contributed by atoms with Gasteiger partial charge in [0.05, 0.1) is 11.6 Å². The van der Waals surface area contributed by atoms with Crippen molar-refractivity contribution in [3.8, 4) is 5.75 Å². The van der Waals surface area contributed by atoms with E-state index in [2.05, 4.69) is 20.6 Å². The average molecular weight is 354 g/mol. The number of carbonyl (C=O) groups is 1. The van der Waals surface area contributed by atoms with Crippen LogP contribution in [-0.2, 0) is 12.6 Å². The minimum Gasteiger partial charge on any atom is -0.491 e. The maximum atomic E-state index is 12.5. The first kappa shape index (κ1) is 16.8. The van der Waals surface area contributed by atoms with Crippen molar-refractivity contribution >= 4 is 17.7 Å². The van der Waals surface area contributed by atoms with E-state index in [1.165, 1.54) is 0 Å². The molecule has 2 aromatic rings. The summed E-state index contributed by atoms with van der Waals surface area (Å²) in [6.07, 6.45) is -3.72. The molecule has 0 saturated heterocycles. The molecule has 2 heterocycles. The Labute approximate surface area is 139 Å². The third-order valence-corrected chi connectivity index (χ3v) is 3.54. The molecule has 3 rings (SSSR count). The summed E-state index contributed by atoms with van der Waals surface area (Å²) in [5.74, 6) is 0.592. The van der Waals surface area contributed by atoms with Crippen LogP contribution in [0.5, 0.6) is 5.75 Å². The van der Waals surface area contributed by atoms with Crippen LogP contribution >= 0.6 is 0 Å². The van der Waals surface area contributed by atoms with E-state index in [4.69, 9.17) is 9.84 Å². The van der Waals surface area contributed by atoms with Crippen LogP contribution in [0.2, 0.25) is 0 Å². The second-order valence-corrected chi connectivity index (χ2v) is 5.40. The Hall–Kier alpha value is -3.04. The predicted octanol–water partition coefficient (Wildman–Crippen LogP) is 2.81. The highest BCUT2D eigenvalue weighted by Gasteiger charge is 2.31. The Morgan fingerprint density at radius 2 is 2.00 bits per heavy atom. The summed E-state index contributed by atoms with van der Waals surface area (Å²) in [4.78, 5) is 17.9. The Bertz CT molecular complexity index is 781. The smallest absolute Gasteiger partial charge is 0.419 e. The summed E-state index contributed by atoms with van der Waals surface area (Å²) >= 11 is 0. The van der Waals surface area contributed by atoms with Gasteiger partial charge in [0.2, 0.25) is 5.95 Å². The minimum atomic E-state index is -4.49. The molecule has 0 fully saturated rings. The van der Waals surface area contributed by atoms with E-state index < -0.39 is 17.8 Å². The molecular formula is C15H13F3N4O3. The molecule has 132 valence electrons. The Kier molecular flexibility index (Phi) is 4.34. The highest BCUT2D eigenvalue weighted by atomic mass is 19.4. The number of nitrogens with one attached hydrogen (secondary N) is 2. The number of aromatic nitrogens is 2.